The first kappa shape index (κ1) is 33.0. The van der Waals surface area contributed by atoms with Crippen LogP contribution in [-0.2, 0) is 30.9 Å². The number of nitrogens with one attached hydrogen (secondary N) is 3. The molecule has 0 fully saturated rings. The van der Waals surface area contributed by atoms with Gasteiger partial charge in [-0.1, -0.05) is 76.2 Å². The third-order valence-electron chi connectivity index (χ3n) is 6.11. The monoisotopic (exact) mass is 607 g/mol. The predicted molar refractivity (Wildman–Crippen MR) is 165 cm³/mol. The number of primary sulfonamides is 1. The van der Waals surface area contributed by atoms with Crippen molar-refractivity contribution in [1.29, 1.82) is 5.41 Å². The lowest BCUT2D eigenvalue weighted by Gasteiger charge is -2.24. The van der Waals surface area contributed by atoms with Gasteiger partial charge in [-0.25, -0.2) is 18.4 Å². The fourth-order valence-electron chi connectivity index (χ4n) is 4.19. The molecule has 0 saturated carbocycles. The number of carbonyl (C=O) groups excluding carboxylic acids is 3. The molecule has 43 heavy (non-hydrogen) atoms. The maximum Gasteiger partial charge on any atom is 0.413 e. The normalized spacial score (nSPS) is 11.2. The van der Waals surface area contributed by atoms with Crippen LogP contribution in [0.15, 0.2) is 77.7 Å². The number of sulfonamides is 1. The van der Waals surface area contributed by atoms with E-state index in [1.807, 2.05) is 27.7 Å². The molecule has 0 aromatic heterocycles. The van der Waals surface area contributed by atoms with Crippen LogP contribution < -0.4 is 15.8 Å². The molecule has 5 N–H and O–H groups in total. The van der Waals surface area contributed by atoms with Gasteiger partial charge in [0.15, 0.2) is 0 Å². The summed E-state index contributed by atoms with van der Waals surface area (Å²) in [6.07, 6.45) is -0.736. The minimum absolute atomic E-state index is 0.0189. The van der Waals surface area contributed by atoms with Gasteiger partial charge in [-0.05, 0) is 47.2 Å². The molecule has 0 aliphatic rings. The van der Waals surface area contributed by atoms with Gasteiger partial charge in [0, 0.05) is 36.4 Å². The van der Waals surface area contributed by atoms with Crippen LogP contribution in [0.5, 0.6) is 0 Å². The van der Waals surface area contributed by atoms with Crippen LogP contribution in [-0.4, -0.2) is 50.2 Å². The average Bonchev–Trinajstić information content (AvgIpc) is 2.95. The Balaban J connectivity index is 1.78. The van der Waals surface area contributed by atoms with E-state index in [0.29, 0.717) is 28.8 Å². The van der Waals surface area contributed by atoms with Crippen molar-refractivity contribution in [3.05, 3.63) is 83.9 Å². The lowest BCUT2D eigenvalue weighted by molar-refractivity contribution is -0.143. The number of benzene rings is 3. The fourth-order valence-corrected chi connectivity index (χ4v) is 4.97. The highest BCUT2D eigenvalue weighted by Gasteiger charge is 2.25. The molecule has 0 unspecified atom stereocenters. The summed E-state index contributed by atoms with van der Waals surface area (Å²) in [4.78, 5) is 39.5. The summed E-state index contributed by atoms with van der Waals surface area (Å²) in [5.41, 5.74) is 2.02. The zero-order valence-corrected chi connectivity index (χ0v) is 25.4. The highest BCUT2D eigenvalue weighted by Crippen LogP contribution is 2.29. The molecule has 3 rings (SSSR count). The van der Waals surface area contributed by atoms with Crippen LogP contribution >= 0.6 is 0 Å². The lowest BCUT2D eigenvalue weighted by atomic mass is 10.1. The molecular formula is C31H37N5O6S. The quantitative estimate of drug-likeness (QED) is 0.152. The Morgan fingerprint density at radius 1 is 0.930 bits per heavy atom. The number of carbonyl (C=O) groups is 3. The van der Waals surface area contributed by atoms with Crippen LogP contribution in [0.4, 0.5) is 10.5 Å². The van der Waals surface area contributed by atoms with E-state index >= 15 is 0 Å². The summed E-state index contributed by atoms with van der Waals surface area (Å²) in [6, 6.07) is 19.6. The van der Waals surface area contributed by atoms with Gasteiger partial charge in [0.05, 0.1) is 4.90 Å². The van der Waals surface area contributed by atoms with E-state index in [2.05, 4.69) is 10.6 Å². The highest BCUT2D eigenvalue weighted by atomic mass is 32.2. The van der Waals surface area contributed by atoms with Crippen molar-refractivity contribution in [3.63, 3.8) is 0 Å². The summed E-state index contributed by atoms with van der Waals surface area (Å²) in [5.74, 6) is -1.90. The first-order valence-corrected chi connectivity index (χ1v) is 15.2. The number of amides is 3. The minimum atomic E-state index is -4.16. The van der Waals surface area contributed by atoms with Crippen LogP contribution in [0.3, 0.4) is 0 Å². The maximum absolute atomic E-state index is 13.3. The Morgan fingerprint density at radius 2 is 1.63 bits per heavy atom. The van der Waals surface area contributed by atoms with Crippen LogP contribution in [0.2, 0.25) is 0 Å². The van der Waals surface area contributed by atoms with Crippen molar-refractivity contribution in [2.45, 2.75) is 39.1 Å². The Kier molecular flexibility index (Phi) is 11.2. The lowest BCUT2D eigenvalue weighted by Crippen LogP contribution is -2.41. The molecule has 12 heteroatoms. The van der Waals surface area contributed by atoms with E-state index in [-0.39, 0.29) is 41.4 Å². The van der Waals surface area contributed by atoms with E-state index in [0.717, 1.165) is 0 Å². The van der Waals surface area contributed by atoms with E-state index in [1.54, 1.807) is 54.6 Å². The minimum Gasteiger partial charge on any atom is -0.391 e. The third-order valence-corrected chi connectivity index (χ3v) is 7.06. The predicted octanol–water partition coefficient (Wildman–Crippen LogP) is 4.33. The first-order chi connectivity index (χ1) is 20.2. The summed E-state index contributed by atoms with van der Waals surface area (Å²) in [5, 5.41) is 18.7. The first-order valence-electron chi connectivity index (χ1n) is 13.7. The van der Waals surface area contributed by atoms with E-state index < -0.39 is 27.9 Å². The highest BCUT2D eigenvalue weighted by molar-refractivity contribution is 7.89. The van der Waals surface area contributed by atoms with Crippen molar-refractivity contribution in [2.75, 3.05) is 18.4 Å². The van der Waals surface area contributed by atoms with E-state index in [4.69, 9.17) is 15.3 Å². The molecule has 0 aliphatic carbocycles. The number of ether oxygens (including phenoxy) is 1. The van der Waals surface area contributed by atoms with Gasteiger partial charge in [0.1, 0.15) is 0 Å². The Labute approximate surface area is 252 Å². The van der Waals surface area contributed by atoms with Gasteiger partial charge < -0.3 is 20.3 Å². The maximum atomic E-state index is 13.3. The molecule has 11 nitrogen and oxygen atoms in total. The largest absolute Gasteiger partial charge is 0.413 e. The van der Waals surface area contributed by atoms with Gasteiger partial charge in [-0.3, -0.25) is 15.0 Å². The number of nitrogens with zero attached hydrogens (tertiary/aromatic N) is 1. The van der Waals surface area contributed by atoms with Crippen LogP contribution in [0.1, 0.15) is 38.8 Å². The SMILES string of the molecule is CC(C)CNC(=O)OC(=N)c1cccc(CN(CC(C)C)C(=O)C(=O)Nc2ccc(-c3ccccc3)c(S(N)(=O)=O)c2)c1. The standard InChI is InChI=1S/C31H37N5O6S/c1-20(2)17-34-31(39)42-28(32)24-12-8-9-22(15-24)19-36(18-21(3)4)30(38)29(37)35-25-13-14-26(23-10-6-5-7-11-23)27(16-25)43(33,40)41/h5-16,20-21,32H,17-19H2,1-4H3,(H,34,39)(H,35,37)(H2,33,40,41). The summed E-state index contributed by atoms with van der Waals surface area (Å²) in [6.45, 7) is 8.36. The zero-order valence-electron chi connectivity index (χ0n) is 24.6. The fraction of sp³-hybridized carbons (Fsp3) is 0.290. The molecule has 0 aliphatic heterocycles. The second kappa shape index (κ2) is 14.6. The smallest absolute Gasteiger partial charge is 0.391 e. The molecule has 3 aromatic carbocycles. The van der Waals surface area contributed by atoms with Crippen molar-refractivity contribution < 1.29 is 27.5 Å². The molecule has 0 heterocycles. The van der Waals surface area contributed by atoms with Gasteiger partial charge in [0.25, 0.3) is 0 Å². The Morgan fingerprint density at radius 3 is 2.26 bits per heavy atom. The molecule has 0 atom stereocenters. The van der Waals surface area contributed by atoms with Crippen LogP contribution in [0.25, 0.3) is 11.1 Å². The molecule has 0 saturated heterocycles. The second-order valence-electron chi connectivity index (χ2n) is 10.8. The van der Waals surface area contributed by atoms with E-state index in [1.165, 1.54) is 23.1 Å². The molecule has 228 valence electrons. The number of hydrogen-bond donors (Lipinski definition) is 4. The van der Waals surface area contributed by atoms with Gasteiger partial charge in [-0.2, -0.15) is 0 Å². The topological polar surface area (TPSA) is 172 Å². The Hall–Kier alpha value is -4.55. The van der Waals surface area contributed by atoms with Crippen molar-refractivity contribution in [2.24, 2.45) is 17.0 Å². The molecule has 0 radical (unpaired) electrons. The van der Waals surface area contributed by atoms with Gasteiger partial charge in [0.2, 0.25) is 15.9 Å². The number of anilines is 1. The number of hydrogen-bond acceptors (Lipinski definition) is 7. The third kappa shape index (κ3) is 9.76. The summed E-state index contributed by atoms with van der Waals surface area (Å²) >= 11 is 0. The second-order valence-corrected chi connectivity index (χ2v) is 12.4. The number of nitrogens with two attached hydrogens (primary N) is 1. The van der Waals surface area contributed by atoms with E-state index in [9.17, 15) is 22.8 Å². The van der Waals surface area contributed by atoms with Crippen LogP contribution in [0, 0.1) is 17.2 Å². The van der Waals surface area contributed by atoms with Gasteiger partial charge >= 0.3 is 17.9 Å². The van der Waals surface area contributed by atoms with Crippen molar-refractivity contribution in [3.8, 4) is 11.1 Å². The molecule has 3 amide bonds. The zero-order chi connectivity index (χ0) is 31.7. The summed E-state index contributed by atoms with van der Waals surface area (Å²) < 4.78 is 29.8. The number of alkyl carbamates (subject to hydrolysis) is 1. The average molecular weight is 608 g/mol. The number of rotatable bonds is 10. The van der Waals surface area contributed by atoms with Crippen molar-refractivity contribution in [1.82, 2.24) is 10.2 Å². The van der Waals surface area contributed by atoms with Gasteiger partial charge in [-0.15, -0.1) is 0 Å². The summed E-state index contributed by atoms with van der Waals surface area (Å²) in [7, 11) is -4.16. The molecular weight excluding hydrogens is 570 g/mol. The molecule has 0 bridgehead atoms. The molecule has 3 aromatic rings. The van der Waals surface area contributed by atoms with Crippen molar-refractivity contribution >= 4 is 39.5 Å². The molecule has 0 spiro atoms. The Bertz CT molecular complexity index is 1590.